The van der Waals surface area contributed by atoms with Crippen molar-refractivity contribution in [2.75, 3.05) is 43.3 Å². The maximum atomic E-state index is 12.8. The number of anilines is 3. The lowest BCUT2D eigenvalue weighted by atomic mass is 9.97. The Balaban J connectivity index is 1.56. The van der Waals surface area contributed by atoms with Crippen LogP contribution in [-0.2, 0) is 4.79 Å². The highest BCUT2D eigenvalue weighted by Crippen LogP contribution is 2.34. The molecule has 31 heavy (non-hydrogen) atoms. The number of piperidine rings is 1. The molecule has 0 saturated carbocycles. The molecule has 1 atom stereocenters. The van der Waals surface area contributed by atoms with Crippen LogP contribution in [0.15, 0.2) is 30.3 Å². The number of fused-ring (bicyclic) bond motifs is 1. The Morgan fingerprint density at radius 2 is 1.94 bits per heavy atom. The maximum absolute atomic E-state index is 12.8. The summed E-state index contributed by atoms with van der Waals surface area (Å²) in [5.41, 5.74) is 7.75. The number of nitrogens with two attached hydrogens (primary N) is 1. The average molecular weight is 422 g/mol. The van der Waals surface area contributed by atoms with E-state index in [9.17, 15) is 4.79 Å². The van der Waals surface area contributed by atoms with Crippen molar-refractivity contribution in [2.45, 2.75) is 19.8 Å². The summed E-state index contributed by atoms with van der Waals surface area (Å²) >= 11 is 0. The quantitative estimate of drug-likeness (QED) is 0.645. The van der Waals surface area contributed by atoms with Gasteiger partial charge in [-0.2, -0.15) is 4.98 Å². The molecule has 3 N–H and O–H groups in total. The molecule has 0 bridgehead atoms. The largest absolute Gasteiger partial charge is 0.493 e. The zero-order valence-electron chi connectivity index (χ0n) is 17.9. The molecule has 4 rings (SSSR count). The van der Waals surface area contributed by atoms with Gasteiger partial charge < -0.3 is 25.4 Å². The molecule has 0 radical (unpaired) electrons. The Morgan fingerprint density at radius 1 is 1.16 bits per heavy atom. The highest BCUT2D eigenvalue weighted by atomic mass is 16.5. The van der Waals surface area contributed by atoms with Crippen LogP contribution in [0.3, 0.4) is 0 Å². The molecule has 3 heterocycles. The Kier molecular flexibility index (Phi) is 5.75. The highest BCUT2D eigenvalue weighted by molar-refractivity contribution is 5.93. The number of rotatable bonds is 5. The number of ether oxygens (including phenoxy) is 2. The van der Waals surface area contributed by atoms with Crippen LogP contribution in [0, 0.1) is 12.8 Å². The van der Waals surface area contributed by atoms with Crippen molar-refractivity contribution in [1.82, 2.24) is 15.0 Å². The van der Waals surface area contributed by atoms with Gasteiger partial charge in [-0.25, -0.2) is 9.97 Å². The predicted octanol–water partition coefficient (Wildman–Crippen LogP) is 2.79. The van der Waals surface area contributed by atoms with E-state index in [1.54, 1.807) is 32.4 Å². The second-order valence-electron chi connectivity index (χ2n) is 7.57. The lowest BCUT2D eigenvalue weighted by Gasteiger charge is -2.32. The van der Waals surface area contributed by atoms with Gasteiger partial charge in [0.1, 0.15) is 11.6 Å². The molecule has 0 spiro atoms. The van der Waals surface area contributed by atoms with Crippen LogP contribution in [0.25, 0.3) is 10.9 Å². The minimum Gasteiger partial charge on any atom is -0.493 e. The Hall–Kier alpha value is -3.62. The molecule has 3 aromatic rings. The van der Waals surface area contributed by atoms with E-state index in [4.69, 9.17) is 15.2 Å². The predicted molar refractivity (Wildman–Crippen MR) is 120 cm³/mol. The van der Waals surface area contributed by atoms with E-state index in [2.05, 4.69) is 20.3 Å². The molecule has 1 amide bonds. The SMILES string of the molecule is COc1cc2nc(N3CCCC(C(=O)Nc4cccc(C)n4)C3)nc(N)c2cc1OC. The first-order valence-corrected chi connectivity index (χ1v) is 10.2. The zero-order chi connectivity index (χ0) is 22.0. The van der Waals surface area contributed by atoms with Crippen LogP contribution in [0.1, 0.15) is 18.5 Å². The van der Waals surface area contributed by atoms with Gasteiger partial charge in [0.05, 0.1) is 25.7 Å². The summed E-state index contributed by atoms with van der Waals surface area (Å²) < 4.78 is 10.7. The number of methoxy groups -OCH3 is 2. The van der Waals surface area contributed by atoms with Crippen LogP contribution >= 0.6 is 0 Å². The van der Waals surface area contributed by atoms with Gasteiger partial charge in [-0.3, -0.25) is 4.79 Å². The van der Waals surface area contributed by atoms with Crippen molar-refractivity contribution in [3.8, 4) is 11.5 Å². The molecule has 9 nitrogen and oxygen atoms in total. The van der Waals surface area contributed by atoms with Crippen molar-refractivity contribution in [3.63, 3.8) is 0 Å². The number of benzene rings is 1. The summed E-state index contributed by atoms with van der Waals surface area (Å²) in [4.78, 5) is 28.4. The molecular weight excluding hydrogens is 396 g/mol. The number of amides is 1. The first-order chi connectivity index (χ1) is 15.0. The van der Waals surface area contributed by atoms with Crippen molar-refractivity contribution >= 4 is 34.4 Å². The third kappa shape index (κ3) is 4.30. The molecule has 2 aromatic heterocycles. The number of pyridine rings is 1. The van der Waals surface area contributed by atoms with E-state index in [0.29, 0.717) is 46.5 Å². The van der Waals surface area contributed by atoms with Crippen molar-refractivity contribution < 1.29 is 14.3 Å². The van der Waals surface area contributed by atoms with E-state index in [1.165, 1.54) is 0 Å². The number of aryl methyl sites for hydroxylation is 1. The number of aromatic nitrogens is 3. The van der Waals surface area contributed by atoms with Crippen LogP contribution < -0.4 is 25.4 Å². The van der Waals surface area contributed by atoms with Gasteiger partial charge in [0.15, 0.2) is 11.5 Å². The van der Waals surface area contributed by atoms with Gasteiger partial charge in [0, 0.05) is 30.2 Å². The normalized spacial score (nSPS) is 16.2. The van der Waals surface area contributed by atoms with Crippen LogP contribution in [0.2, 0.25) is 0 Å². The number of nitrogen functional groups attached to an aromatic ring is 1. The zero-order valence-corrected chi connectivity index (χ0v) is 17.9. The summed E-state index contributed by atoms with van der Waals surface area (Å²) in [5.74, 6) is 2.32. The maximum Gasteiger partial charge on any atom is 0.230 e. The molecule has 1 saturated heterocycles. The molecule has 1 unspecified atom stereocenters. The molecule has 0 aliphatic carbocycles. The minimum absolute atomic E-state index is 0.0528. The van der Waals surface area contributed by atoms with Gasteiger partial charge in [0.25, 0.3) is 0 Å². The Labute approximate surface area is 180 Å². The van der Waals surface area contributed by atoms with E-state index in [0.717, 1.165) is 25.1 Å². The lowest BCUT2D eigenvalue weighted by Crippen LogP contribution is -2.41. The van der Waals surface area contributed by atoms with Gasteiger partial charge in [-0.15, -0.1) is 0 Å². The number of carbonyl (C=O) groups excluding carboxylic acids is 1. The summed E-state index contributed by atoms with van der Waals surface area (Å²) in [5, 5.41) is 3.61. The van der Waals surface area contributed by atoms with Crippen LogP contribution in [0.4, 0.5) is 17.6 Å². The third-order valence-electron chi connectivity index (χ3n) is 5.43. The van der Waals surface area contributed by atoms with Crippen molar-refractivity contribution in [3.05, 3.63) is 36.0 Å². The average Bonchev–Trinajstić information content (AvgIpc) is 2.78. The standard InChI is InChI=1S/C22H26N6O3/c1-13-6-4-8-19(24-13)26-21(29)14-7-5-9-28(12-14)22-25-16-11-18(31-3)17(30-2)10-15(16)20(23)27-22/h4,6,8,10-11,14H,5,7,9,12H2,1-3H3,(H2,23,25,27)(H,24,26,29). The molecule has 9 heteroatoms. The van der Waals surface area contributed by atoms with Crippen molar-refractivity contribution in [1.29, 1.82) is 0 Å². The monoisotopic (exact) mass is 422 g/mol. The summed E-state index contributed by atoms with van der Waals surface area (Å²) in [6, 6.07) is 9.12. The fourth-order valence-corrected chi connectivity index (χ4v) is 3.82. The molecule has 1 aliphatic heterocycles. The first kappa shape index (κ1) is 20.6. The van der Waals surface area contributed by atoms with Crippen LogP contribution in [0.5, 0.6) is 11.5 Å². The topological polar surface area (TPSA) is 115 Å². The molecule has 1 aromatic carbocycles. The molecule has 1 fully saturated rings. The molecular formula is C22H26N6O3. The fraction of sp³-hybridized carbons (Fsp3) is 0.364. The lowest BCUT2D eigenvalue weighted by molar-refractivity contribution is -0.120. The first-order valence-electron chi connectivity index (χ1n) is 10.2. The van der Waals surface area contributed by atoms with Crippen molar-refractivity contribution in [2.24, 2.45) is 5.92 Å². The number of hydrogen-bond acceptors (Lipinski definition) is 8. The summed E-state index contributed by atoms with van der Waals surface area (Å²) in [6.45, 7) is 3.16. The third-order valence-corrected chi connectivity index (χ3v) is 5.43. The summed E-state index contributed by atoms with van der Waals surface area (Å²) in [6.07, 6.45) is 1.65. The summed E-state index contributed by atoms with van der Waals surface area (Å²) in [7, 11) is 3.15. The minimum atomic E-state index is -0.193. The number of hydrogen-bond donors (Lipinski definition) is 2. The number of carbonyl (C=O) groups is 1. The second-order valence-corrected chi connectivity index (χ2v) is 7.57. The Bertz CT molecular complexity index is 1120. The van der Waals surface area contributed by atoms with Gasteiger partial charge in [-0.1, -0.05) is 6.07 Å². The van der Waals surface area contributed by atoms with E-state index >= 15 is 0 Å². The highest BCUT2D eigenvalue weighted by Gasteiger charge is 2.28. The van der Waals surface area contributed by atoms with Gasteiger partial charge in [-0.05, 0) is 38.0 Å². The molecule has 1 aliphatic rings. The second kappa shape index (κ2) is 8.63. The molecule has 162 valence electrons. The van der Waals surface area contributed by atoms with E-state index in [-0.39, 0.29) is 11.8 Å². The van der Waals surface area contributed by atoms with Gasteiger partial charge >= 0.3 is 0 Å². The Morgan fingerprint density at radius 3 is 2.68 bits per heavy atom. The van der Waals surface area contributed by atoms with E-state index in [1.807, 2.05) is 24.0 Å². The van der Waals surface area contributed by atoms with Gasteiger partial charge in [0.2, 0.25) is 11.9 Å². The smallest absolute Gasteiger partial charge is 0.230 e. The number of nitrogens with zero attached hydrogens (tertiary/aromatic N) is 4. The number of nitrogens with one attached hydrogen (secondary N) is 1. The van der Waals surface area contributed by atoms with Crippen LogP contribution in [-0.4, -0.2) is 48.2 Å². The van der Waals surface area contributed by atoms with E-state index < -0.39 is 0 Å². The fourth-order valence-electron chi connectivity index (χ4n) is 3.82.